The lowest BCUT2D eigenvalue weighted by molar-refractivity contribution is 0.199. The molecule has 0 aromatic carbocycles. The van der Waals surface area contributed by atoms with Crippen molar-refractivity contribution in [3.63, 3.8) is 0 Å². The van der Waals surface area contributed by atoms with Crippen molar-refractivity contribution < 1.29 is 18.8 Å². The van der Waals surface area contributed by atoms with Crippen LogP contribution >= 0.6 is 0 Å². The topological polar surface area (TPSA) is 131 Å². The highest BCUT2D eigenvalue weighted by Gasteiger charge is 2.27. The number of carbonyl (C=O) groups is 1. The minimum atomic E-state index is -0.626. The van der Waals surface area contributed by atoms with E-state index >= 15 is 0 Å². The summed E-state index contributed by atoms with van der Waals surface area (Å²) in [7, 11) is 0. The van der Waals surface area contributed by atoms with Crippen molar-refractivity contribution >= 4 is 29.1 Å². The number of amides is 2. The molecule has 184 valence electrons. The minimum absolute atomic E-state index is 0.00578. The van der Waals surface area contributed by atoms with E-state index in [2.05, 4.69) is 35.7 Å². The van der Waals surface area contributed by atoms with Crippen LogP contribution in [0.4, 0.5) is 19.4 Å². The van der Waals surface area contributed by atoms with Crippen LogP contribution < -0.4 is 10.6 Å². The van der Waals surface area contributed by atoms with Crippen LogP contribution in [-0.2, 0) is 0 Å². The fourth-order valence-electron chi connectivity index (χ4n) is 4.88. The zero-order valence-corrected chi connectivity index (χ0v) is 19.0. The number of oxime groups is 1. The molecule has 3 aromatic rings. The van der Waals surface area contributed by atoms with E-state index in [0.29, 0.717) is 28.7 Å². The molecular weight excluding hydrogens is 458 g/mol. The van der Waals surface area contributed by atoms with Crippen molar-refractivity contribution in [2.75, 3.05) is 18.4 Å². The van der Waals surface area contributed by atoms with Crippen molar-refractivity contribution in [3.8, 4) is 11.4 Å². The van der Waals surface area contributed by atoms with Gasteiger partial charge in [0.1, 0.15) is 11.5 Å². The van der Waals surface area contributed by atoms with E-state index in [1.54, 1.807) is 0 Å². The Morgan fingerprint density at radius 1 is 1.17 bits per heavy atom. The summed E-state index contributed by atoms with van der Waals surface area (Å²) in [4.78, 5) is 29.7. The van der Waals surface area contributed by atoms with Gasteiger partial charge in [-0.15, -0.1) is 0 Å². The number of carbonyl (C=O) groups excluding carboxylic acids is 1. The van der Waals surface area contributed by atoms with Gasteiger partial charge in [-0.25, -0.2) is 28.5 Å². The Balaban J connectivity index is 1.37. The number of hydrogen-bond acceptors (Lipinski definition) is 7. The molecule has 0 spiro atoms. The predicted molar refractivity (Wildman–Crippen MR) is 125 cm³/mol. The van der Waals surface area contributed by atoms with E-state index in [4.69, 9.17) is 5.21 Å². The number of nitrogens with zero attached hydrogens (tertiary/aromatic N) is 5. The molecule has 5 rings (SSSR count). The van der Waals surface area contributed by atoms with Gasteiger partial charge in [0, 0.05) is 30.6 Å². The van der Waals surface area contributed by atoms with Crippen molar-refractivity contribution in [1.29, 1.82) is 0 Å². The Bertz CT molecular complexity index is 1260. The van der Waals surface area contributed by atoms with Crippen LogP contribution in [0.25, 0.3) is 22.4 Å². The van der Waals surface area contributed by atoms with Gasteiger partial charge < -0.3 is 25.7 Å². The zero-order chi connectivity index (χ0) is 24.4. The molecular formula is C23H26F2N8O2. The molecule has 1 aliphatic heterocycles. The molecule has 4 N–H and O–H groups in total. The third-order valence-corrected chi connectivity index (χ3v) is 6.54. The highest BCUT2D eigenvalue weighted by molar-refractivity contribution is 6.02. The molecule has 10 nitrogen and oxygen atoms in total. The van der Waals surface area contributed by atoms with Crippen LogP contribution in [0.2, 0.25) is 0 Å². The molecule has 1 aliphatic carbocycles. The van der Waals surface area contributed by atoms with Crippen molar-refractivity contribution in [3.05, 3.63) is 35.8 Å². The summed E-state index contributed by atoms with van der Waals surface area (Å²) in [6, 6.07) is 1.12. The Hall–Kier alpha value is -3.83. The maximum atomic E-state index is 14.7. The van der Waals surface area contributed by atoms with Gasteiger partial charge in [0.2, 0.25) is 0 Å². The summed E-state index contributed by atoms with van der Waals surface area (Å²) in [5.41, 5.74) is 0.996. The molecule has 0 unspecified atom stereocenters. The van der Waals surface area contributed by atoms with E-state index in [0.717, 1.165) is 63.8 Å². The van der Waals surface area contributed by atoms with Crippen LogP contribution in [0.3, 0.4) is 0 Å². The van der Waals surface area contributed by atoms with Gasteiger partial charge >= 0.3 is 6.03 Å². The fourth-order valence-corrected chi connectivity index (χ4v) is 4.88. The van der Waals surface area contributed by atoms with Crippen LogP contribution in [0.1, 0.15) is 44.2 Å². The number of fused-ring (bicyclic) bond motifs is 1. The lowest BCUT2D eigenvalue weighted by Crippen LogP contribution is -2.47. The molecule has 2 amide bonds. The average Bonchev–Trinajstić information content (AvgIpc) is 3.49. The number of halogens is 2. The van der Waals surface area contributed by atoms with Gasteiger partial charge in [-0.3, -0.25) is 0 Å². The number of pyridine rings is 1. The molecule has 2 aliphatic rings. The summed E-state index contributed by atoms with van der Waals surface area (Å²) >= 11 is 0. The van der Waals surface area contributed by atoms with Crippen molar-refractivity contribution in [1.82, 2.24) is 30.2 Å². The highest BCUT2D eigenvalue weighted by Crippen LogP contribution is 2.31. The van der Waals surface area contributed by atoms with E-state index < -0.39 is 11.6 Å². The molecule has 1 saturated carbocycles. The summed E-state index contributed by atoms with van der Waals surface area (Å²) in [6.45, 7) is 1.57. The number of likely N-dealkylation sites (tertiary alicyclic amines) is 1. The monoisotopic (exact) mass is 484 g/mol. The first-order valence-corrected chi connectivity index (χ1v) is 11.7. The van der Waals surface area contributed by atoms with E-state index in [1.165, 1.54) is 6.07 Å². The normalized spacial score (nSPS) is 20.6. The average molecular weight is 485 g/mol. The number of rotatable bonds is 5. The van der Waals surface area contributed by atoms with Gasteiger partial charge in [-0.05, 0) is 44.6 Å². The minimum Gasteiger partial charge on any atom is -0.411 e. The van der Waals surface area contributed by atoms with Gasteiger partial charge in [0.25, 0.3) is 0 Å². The second kappa shape index (κ2) is 9.80. The molecule has 2 atom stereocenters. The van der Waals surface area contributed by atoms with Crippen molar-refractivity contribution in [2.24, 2.45) is 5.16 Å². The molecule has 3 aromatic heterocycles. The van der Waals surface area contributed by atoms with E-state index in [-0.39, 0.29) is 29.8 Å². The highest BCUT2D eigenvalue weighted by atomic mass is 19.1. The number of nitrogens with one attached hydrogen (secondary N) is 3. The molecule has 0 radical (unpaired) electrons. The third-order valence-electron chi connectivity index (χ3n) is 6.54. The molecule has 4 heterocycles. The van der Waals surface area contributed by atoms with Gasteiger partial charge in [0.15, 0.2) is 17.5 Å². The van der Waals surface area contributed by atoms with Crippen molar-refractivity contribution in [2.45, 2.75) is 50.6 Å². The smallest absolute Gasteiger partial charge is 0.317 e. The number of aromatic nitrogens is 4. The Morgan fingerprint density at radius 2 is 1.97 bits per heavy atom. The summed E-state index contributed by atoms with van der Waals surface area (Å²) in [6.07, 6.45) is 8.49. The number of hydrogen-bond donors (Lipinski definition) is 4. The molecule has 1 saturated heterocycles. The number of urea groups is 1. The summed E-state index contributed by atoms with van der Waals surface area (Å²) in [5, 5.41) is 18.7. The molecule has 12 heteroatoms. The van der Waals surface area contributed by atoms with Crippen LogP contribution in [0, 0.1) is 11.6 Å². The second-order valence-corrected chi connectivity index (χ2v) is 8.95. The lowest BCUT2D eigenvalue weighted by atomic mass is 9.91. The second-order valence-electron chi connectivity index (χ2n) is 8.95. The first-order chi connectivity index (χ1) is 17.0. The molecule has 35 heavy (non-hydrogen) atoms. The Labute approximate surface area is 199 Å². The van der Waals surface area contributed by atoms with Gasteiger partial charge in [-0.2, -0.15) is 0 Å². The summed E-state index contributed by atoms with van der Waals surface area (Å²) < 4.78 is 28.6. The first kappa shape index (κ1) is 22.9. The Kier molecular flexibility index (Phi) is 6.43. The maximum absolute atomic E-state index is 14.7. The quantitative estimate of drug-likeness (QED) is 0.248. The van der Waals surface area contributed by atoms with E-state index in [1.807, 2.05) is 4.90 Å². The molecule has 0 bridgehead atoms. The lowest BCUT2D eigenvalue weighted by Gasteiger charge is -2.32. The SMILES string of the molecule is O=C(N[C@@H]1CCC[C@H](Nc2nc(-c3c(/C=N/O)[nH]c4ncc(F)cc34)ncc2F)C1)N1CCCC1. The van der Waals surface area contributed by atoms with Crippen LogP contribution in [0.5, 0.6) is 0 Å². The fraction of sp³-hybridized carbons (Fsp3) is 0.435. The maximum Gasteiger partial charge on any atom is 0.317 e. The summed E-state index contributed by atoms with van der Waals surface area (Å²) in [5.74, 6) is -1.05. The largest absolute Gasteiger partial charge is 0.411 e. The Morgan fingerprint density at radius 3 is 2.77 bits per heavy atom. The van der Waals surface area contributed by atoms with Crippen LogP contribution in [0.15, 0.2) is 23.6 Å². The number of aromatic amines is 1. The number of anilines is 1. The van der Waals surface area contributed by atoms with Gasteiger partial charge in [0.05, 0.1) is 29.9 Å². The van der Waals surface area contributed by atoms with Gasteiger partial charge in [-0.1, -0.05) is 5.16 Å². The first-order valence-electron chi connectivity index (χ1n) is 11.7. The third kappa shape index (κ3) is 4.86. The predicted octanol–water partition coefficient (Wildman–Crippen LogP) is 3.63. The molecule has 2 fully saturated rings. The number of H-pyrrole nitrogens is 1. The standard InChI is InChI=1S/C23H26F2N8O2/c24-13-8-16-19(18(12-28-35)31-20(16)26-10-13)22-27-11-17(25)21(32-22)29-14-4-3-5-15(9-14)30-23(34)33-6-1-2-7-33/h8,10-12,14-15,35H,1-7,9H2,(H,26,31)(H,30,34)(H,27,29,32)/b28-12+/t14-,15+/m0/s1. The zero-order valence-electron chi connectivity index (χ0n) is 19.0. The van der Waals surface area contributed by atoms with E-state index in [9.17, 15) is 13.6 Å². The van der Waals surface area contributed by atoms with Crippen LogP contribution in [-0.4, -0.2) is 67.5 Å².